The molecule has 0 aliphatic rings. The van der Waals surface area contributed by atoms with Gasteiger partial charge in [-0.15, -0.1) is 0 Å². The van der Waals surface area contributed by atoms with Crippen molar-refractivity contribution in [2.24, 2.45) is 0 Å². The van der Waals surface area contributed by atoms with Gasteiger partial charge in [-0.25, -0.2) is 9.97 Å². The van der Waals surface area contributed by atoms with Crippen LogP contribution in [0.5, 0.6) is 5.75 Å². The molecule has 2 N–H and O–H groups in total. The summed E-state index contributed by atoms with van der Waals surface area (Å²) in [5, 5.41) is 6.54. The van der Waals surface area contributed by atoms with E-state index in [1.165, 1.54) is 0 Å². The first kappa shape index (κ1) is 18.7. The second-order valence-corrected chi connectivity index (χ2v) is 6.20. The van der Waals surface area contributed by atoms with Crippen molar-refractivity contribution in [2.45, 2.75) is 13.8 Å². The lowest BCUT2D eigenvalue weighted by molar-refractivity contribution is 0.102. The maximum atomic E-state index is 12.5. The molecule has 0 spiro atoms. The lowest BCUT2D eigenvalue weighted by Crippen LogP contribution is -2.15. The van der Waals surface area contributed by atoms with Crippen molar-refractivity contribution in [3.8, 4) is 5.75 Å². The maximum absolute atomic E-state index is 12.5. The molecule has 3 aromatic rings. The predicted molar refractivity (Wildman–Crippen MR) is 107 cm³/mol. The first-order valence-corrected chi connectivity index (χ1v) is 8.84. The zero-order valence-electron chi connectivity index (χ0n) is 15.0. The summed E-state index contributed by atoms with van der Waals surface area (Å²) in [4.78, 5) is 21.2. The number of carbonyl (C=O) groups excluding carboxylic acids is 1. The Kier molecular flexibility index (Phi) is 5.88. The molecule has 27 heavy (non-hydrogen) atoms. The number of benzene rings is 2. The Bertz CT molecular complexity index is 928. The number of hydrogen-bond acceptors (Lipinski definition) is 5. The summed E-state index contributed by atoms with van der Waals surface area (Å²) in [6.07, 6.45) is 0. The van der Waals surface area contributed by atoms with Gasteiger partial charge in [0.05, 0.1) is 6.61 Å². The van der Waals surface area contributed by atoms with Crippen molar-refractivity contribution in [3.63, 3.8) is 0 Å². The number of anilines is 3. The fourth-order valence-corrected chi connectivity index (χ4v) is 2.53. The van der Waals surface area contributed by atoms with Crippen molar-refractivity contribution < 1.29 is 9.53 Å². The smallest absolute Gasteiger partial charge is 0.274 e. The molecule has 1 amide bonds. The number of carbonyl (C=O) groups is 1. The highest BCUT2D eigenvalue weighted by Gasteiger charge is 2.11. The number of rotatable bonds is 6. The van der Waals surface area contributed by atoms with E-state index in [-0.39, 0.29) is 11.6 Å². The van der Waals surface area contributed by atoms with Crippen LogP contribution in [0.25, 0.3) is 0 Å². The Balaban J connectivity index is 1.74. The van der Waals surface area contributed by atoms with Gasteiger partial charge in [0, 0.05) is 22.1 Å². The summed E-state index contributed by atoms with van der Waals surface area (Å²) in [5.74, 6) is 0.779. The highest BCUT2D eigenvalue weighted by atomic mass is 35.5. The summed E-state index contributed by atoms with van der Waals surface area (Å²) >= 11 is 5.89. The van der Waals surface area contributed by atoms with Crippen LogP contribution >= 0.6 is 11.6 Å². The molecule has 0 aliphatic heterocycles. The topological polar surface area (TPSA) is 76.1 Å². The minimum Gasteiger partial charge on any atom is -0.494 e. The van der Waals surface area contributed by atoms with Gasteiger partial charge in [-0.2, -0.15) is 0 Å². The van der Waals surface area contributed by atoms with Gasteiger partial charge in [-0.05, 0) is 68.4 Å². The lowest BCUT2D eigenvalue weighted by Gasteiger charge is -2.09. The summed E-state index contributed by atoms with van der Waals surface area (Å²) < 4.78 is 5.40. The molecule has 2 aromatic carbocycles. The van der Waals surface area contributed by atoms with Gasteiger partial charge in [0.2, 0.25) is 5.95 Å². The monoisotopic (exact) mass is 382 g/mol. The number of aryl methyl sites for hydroxylation is 1. The Morgan fingerprint density at radius 2 is 1.70 bits per heavy atom. The minimum absolute atomic E-state index is 0.271. The highest BCUT2D eigenvalue weighted by molar-refractivity contribution is 6.30. The molecule has 0 aliphatic carbocycles. The molecule has 0 bridgehead atoms. The molecule has 0 saturated heterocycles. The third-order valence-electron chi connectivity index (χ3n) is 3.61. The highest BCUT2D eigenvalue weighted by Crippen LogP contribution is 2.19. The first-order chi connectivity index (χ1) is 13.0. The lowest BCUT2D eigenvalue weighted by atomic mass is 10.2. The van der Waals surface area contributed by atoms with E-state index in [0.717, 1.165) is 11.4 Å². The number of amides is 1. The minimum atomic E-state index is -0.316. The molecule has 1 aromatic heterocycles. The van der Waals surface area contributed by atoms with Crippen LogP contribution < -0.4 is 15.4 Å². The fraction of sp³-hybridized carbons (Fsp3) is 0.150. The van der Waals surface area contributed by atoms with Gasteiger partial charge in [0.25, 0.3) is 5.91 Å². The summed E-state index contributed by atoms with van der Waals surface area (Å²) in [5.41, 5.74) is 2.39. The molecular formula is C20H19ClN4O2. The molecule has 0 saturated carbocycles. The van der Waals surface area contributed by atoms with Crippen LogP contribution in [0.3, 0.4) is 0 Å². The number of nitrogens with zero attached hydrogens (tertiary/aromatic N) is 2. The molecule has 0 atom stereocenters. The second-order valence-electron chi connectivity index (χ2n) is 5.76. The predicted octanol–water partition coefficient (Wildman–Crippen LogP) is 4.83. The normalized spacial score (nSPS) is 10.3. The standard InChI is InChI=1S/C20H19ClN4O2/c1-3-27-17-10-8-15(9-11-17)23-19(26)18-12-13(2)22-20(25-18)24-16-6-4-14(21)5-7-16/h4-12H,3H2,1-2H3,(H,23,26)(H,22,24,25). The van der Waals surface area contributed by atoms with Crippen LogP contribution in [0.1, 0.15) is 23.1 Å². The zero-order chi connectivity index (χ0) is 19.2. The summed E-state index contributed by atoms with van der Waals surface area (Å²) in [7, 11) is 0. The molecule has 1 heterocycles. The van der Waals surface area contributed by atoms with Crippen LogP contribution in [0.15, 0.2) is 54.6 Å². The van der Waals surface area contributed by atoms with Gasteiger partial charge in [0.1, 0.15) is 11.4 Å². The third kappa shape index (κ3) is 5.18. The van der Waals surface area contributed by atoms with Crippen molar-refractivity contribution in [3.05, 3.63) is 71.0 Å². The summed E-state index contributed by atoms with van der Waals surface area (Å²) in [6.45, 7) is 4.32. The van der Waals surface area contributed by atoms with E-state index in [4.69, 9.17) is 16.3 Å². The fourth-order valence-electron chi connectivity index (χ4n) is 2.40. The van der Waals surface area contributed by atoms with E-state index in [9.17, 15) is 4.79 Å². The van der Waals surface area contributed by atoms with Crippen LogP contribution in [0, 0.1) is 6.92 Å². The number of hydrogen-bond donors (Lipinski definition) is 2. The maximum Gasteiger partial charge on any atom is 0.274 e. The number of ether oxygens (including phenoxy) is 1. The van der Waals surface area contributed by atoms with E-state index < -0.39 is 0 Å². The van der Waals surface area contributed by atoms with Crippen LogP contribution in [0.4, 0.5) is 17.3 Å². The molecule has 6 nitrogen and oxygen atoms in total. The van der Waals surface area contributed by atoms with E-state index in [1.807, 2.05) is 26.0 Å². The SMILES string of the molecule is CCOc1ccc(NC(=O)c2cc(C)nc(Nc3ccc(Cl)cc3)n2)cc1. The average Bonchev–Trinajstić information content (AvgIpc) is 2.65. The summed E-state index contributed by atoms with van der Waals surface area (Å²) in [6, 6.07) is 16.0. The molecule has 0 unspecified atom stereocenters. The quantitative estimate of drug-likeness (QED) is 0.638. The van der Waals surface area contributed by atoms with Crippen molar-refractivity contribution >= 4 is 34.8 Å². The van der Waals surface area contributed by atoms with Crippen LogP contribution in [-0.4, -0.2) is 22.5 Å². The molecule has 138 valence electrons. The first-order valence-electron chi connectivity index (χ1n) is 8.46. The zero-order valence-corrected chi connectivity index (χ0v) is 15.7. The van der Waals surface area contributed by atoms with Crippen LogP contribution in [0.2, 0.25) is 5.02 Å². The van der Waals surface area contributed by atoms with Gasteiger partial charge in [-0.3, -0.25) is 4.79 Å². The Labute approximate surface area is 162 Å². The van der Waals surface area contributed by atoms with E-state index in [1.54, 1.807) is 42.5 Å². The number of halogens is 1. The van der Waals surface area contributed by atoms with Gasteiger partial charge >= 0.3 is 0 Å². The Morgan fingerprint density at radius 1 is 1.04 bits per heavy atom. The Hall–Kier alpha value is -3.12. The van der Waals surface area contributed by atoms with E-state index >= 15 is 0 Å². The third-order valence-corrected chi connectivity index (χ3v) is 3.86. The van der Waals surface area contributed by atoms with Gasteiger partial charge in [0.15, 0.2) is 0 Å². The van der Waals surface area contributed by atoms with Crippen LogP contribution in [-0.2, 0) is 0 Å². The molecule has 7 heteroatoms. The van der Waals surface area contributed by atoms with Crippen molar-refractivity contribution in [2.75, 3.05) is 17.2 Å². The number of aromatic nitrogens is 2. The largest absolute Gasteiger partial charge is 0.494 e. The van der Waals surface area contributed by atoms with Crippen molar-refractivity contribution in [1.29, 1.82) is 0 Å². The Morgan fingerprint density at radius 3 is 2.37 bits per heavy atom. The second kappa shape index (κ2) is 8.51. The van der Waals surface area contributed by atoms with E-state index in [0.29, 0.717) is 29.0 Å². The molecular weight excluding hydrogens is 364 g/mol. The van der Waals surface area contributed by atoms with Gasteiger partial charge in [-0.1, -0.05) is 11.6 Å². The molecule has 0 fully saturated rings. The van der Waals surface area contributed by atoms with E-state index in [2.05, 4.69) is 20.6 Å². The van der Waals surface area contributed by atoms with Gasteiger partial charge < -0.3 is 15.4 Å². The van der Waals surface area contributed by atoms with Crippen molar-refractivity contribution in [1.82, 2.24) is 9.97 Å². The molecule has 0 radical (unpaired) electrons. The molecule has 3 rings (SSSR count). The number of nitrogens with one attached hydrogen (secondary N) is 2. The average molecular weight is 383 g/mol.